The quantitative estimate of drug-likeness (QED) is 0.499. The molecule has 1 aromatic carbocycles. The Kier molecular flexibility index (Phi) is 3.98. The zero-order valence-corrected chi connectivity index (χ0v) is 12.5. The molecule has 3 aromatic rings. The van der Waals surface area contributed by atoms with Gasteiger partial charge in [-0.1, -0.05) is 12.1 Å². The third-order valence-corrected chi connectivity index (χ3v) is 3.97. The molecule has 5 nitrogen and oxygen atoms in total. The van der Waals surface area contributed by atoms with Crippen molar-refractivity contribution >= 4 is 34.0 Å². The average molecular weight is 299 g/mol. The van der Waals surface area contributed by atoms with Crippen LogP contribution in [0.3, 0.4) is 0 Å². The van der Waals surface area contributed by atoms with E-state index in [4.69, 9.17) is 5.84 Å². The molecule has 0 aliphatic heterocycles. The van der Waals surface area contributed by atoms with Crippen molar-refractivity contribution in [2.45, 2.75) is 19.4 Å². The van der Waals surface area contributed by atoms with Crippen molar-refractivity contribution in [3.63, 3.8) is 0 Å². The highest BCUT2D eigenvalue weighted by atomic mass is 32.1. The van der Waals surface area contributed by atoms with Gasteiger partial charge in [0.25, 0.3) is 0 Å². The zero-order valence-electron chi connectivity index (χ0n) is 11.7. The molecule has 3 rings (SSSR count). The van der Waals surface area contributed by atoms with Gasteiger partial charge in [-0.25, -0.2) is 10.8 Å². The summed E-state index contributed by atoms with van der Waals surface area (Å²) in [6.45, 7) is 2.14. The monoisotopic (exact) mass is 299 g/mol. The van der Waals surface area contributed by atoms with E-state index in [1.54, 1.807) is 11.3 Å². The van der Waals surface area contributed by atoms with Gasteiger partial charge in [-0.15, -0.1) is 0 Å². The van der Waals surface area contributed by atoms with Gasteiger partial charge >= 0.3 is 0 Å². The first-order chi connectivity index (χ1) is 10.3. The Morgan fingerprint density at radius 2 is 2.10 bits per heavy atom. The number of nitrogen functional groups attached to an aromatic ring is 1. The van der Waals surface area contributed by atoms with Gasteiger partial charge in [0.2, 0.25) is 5.95 Å². The van der Waals surface area contributed by atoms with Gasteiger partial charge in [0, 0.05) is 11.4 Å². The van der Waals surface area contributed by atoms with Gasteiger partial charge in [-0.2, -0.15) is 16.3 Å². The molecule has 0 bridgehead atoms. The predicted octanol–water partition coefficient (Wildman–Crippen LogP) is 3.02. The highest BCUT2D eigenvalue weighted by Gasteiger charge is 2.10. The van der Waals surface area contributed by atoms with Crippen LogP contribution < -0.4 is 16.6 Å². The van der Waals surface area contributed by atoms with Gasteiger partial charge in [-0.3, -0.25) is 5.43 Å². The lowest BCUT2D eigenvalue weighted by Gasteiger charge is -2.16. The van der Waals surface area contributed by atoms with E-state index in [1.165, 1.54) is 5.56 Å². The van der Waals surface area contributed by atoms with E-state index in [2.05, 4.69) is 44.5 Å². The minimum Gasteiger partial charge on any atom is -0.367 e. The van der Waals surface area contributed by atoms with E-state index in [0.29, 0.717) is 5.95 Å². The highest BCUT2D eigenvalue weighted by molar-refractivity contribution is 7.07. The first-order valence-corrected chi connectivity index (χ1v) is 7.71. The Balaban J connectivity index is 1.88. The first-order valence-electron chi connectivity index (χ1n) is 6.77. The third kappa shape index (κ3) is 3.12. The summed E-state index contributed by atoms with van der Waals surface area (Å²) in [6, 6.07) is 10.3. The molecular formula is C15H17N5S. The topological polar surface area (TPSA) is 75.9 Å². The molecule has 0 saturated heterocycles. The van der Waals surface area contributed by atoms with Crippen molar-refractivity contribution < 1.29 is 0 Å². The minimum atomic E-state index is 0.267. The number of anilines is 2. The molecule has 0 aliphatic rings. The normalized spacial score (nSPS) is 12.3. The Morgan fingerprint density at radius 3 is 2.86 bits per heavy atom. The number of aromatic nitrogens is 2. The summed E-state index contributed by atoms with van der Waals surface area (Å²) in [5, 5.41) is 8.72. The number of rotatable bonds is 5. The number of hydrazine groups is 1. The van der Waals surface area contributed by atoms with Crippen LogP contribution in [-0.2, 0) is 6.42 Å². The summed E-state index contributed by atoms with van der Waals surface area (Å²) in [5.74, 6) is 6.67. The molecule has 0 aliphatic carbocycles. The zero-order chi connectivity index (χ0) is 14.7. The van der Waals surface area contributed by atoms with E-state index in [1.807, 2.05) is 24.3 Å². The summed E-state index contributed by atoms with van der Waals surface area (Å²) in [6.07, 6.45) is 0.952. The molecule has 0 saturated carbocycles. The van der Waals surface area contributed by atoms with Crippen LogP contribution in [0.25, 0.3) is 10.9 Å². The fourth-order valence-corrected chi connectivity index (χ4v) is 2.98. The van der Waals surface area contributed by atoms with Gasteiger partial charge in [0.15, 0.2) is 0 Å². The molecule has 0 radical (unpaired) electrons. The Hall–Kier alpha value is -2.18. The molecule has 2 heterocycles. The molecule has 0 spiro atoms. The van der Waals surface area contributed by atoms with Crippen molar-refractivity contribution in [3.8, 4) is 0 Å². The fourth-order valence-electron chi connectivity index (χ4n) is 2.30. The van der Waals surface area contributed by atoms with Crippen LogP contribution in [0.15, 0.2) is 41.1 Å². The molecule has 108 valence electrons. The van der Waals surface area contributed by atoms with E-state index in [9.17, 15) is 0 Å². The van der Waals surface area contributed by atoms with Crippen molar-refractivity contribution in [3.05, 3.63) is 46.7 Å². The summed E-state index contributed by atoms with van der Waals surface area (Å²) < 4.78 is 0. The van der Waals surface area contributed by atoms with Gasteiger partial charge in [-0.05, 0) is 47.9 Å². The molecule has 0 fully saturated rings. The van der Waals surface area contributed by atoms with Crippen molar-refractivity contribution in [1.29, 1.82) is 0 Å². The van der Waals surface area contributed by atoms with Crippen LogP contribution in [-0.4, -0.2) is 16.0 Å². The number of thiophene rings is 1. The maximum absolute atomic E-state index is 5.45. The number of para-hydroxylation sites is 1. The smallest absolute Gasteiger partial charge is 0.239 e. The predicted molar refractivity (Wildman–Crippen MR) is 88.5 cm³/mol. The molecule has 4 N–H and O–H groups in total. The SMILES string of the molecule is CC(Cc1ccsc1)Nc1nc(NN)nc2ccccc12. The van der Waals surface area contributed by atoms with E-state index >= 15 is 0 Å². The molecule has 1 atom stereocenters. The minimum absolute atomic E-state index is 0.267. The van der Waals surface area contributed by atoms with E-state index < -0.39 is 0 Å². The number of hydrogen-bond donors (Lipinski definition) is 3. The number of nitrogens with one attached hydrogen (secondary N) is 2. The standard InChI is InChI=1S/C15H17N5S/c1-10(8-11-6-7-21-9-11)17-14-12-4-2-3-5-13(12)18-15(19-14)20-16/h2-7,9-10H,8,16H2,1H3,(H2,17,18,19,20). The van der Waals surface area contributed by atoms with Gasteiger partial charge in [0.05, 0.1) is 5.52 Å². The van der Waals surface area contributed by atoms with Gasteiger partial charge in [0.1, 0.15) is 5.82 Å². The fraction of sp³-hybridized carbons (Fsp3) is 0.200. The van der Waals surface area contributed by atoms with E-state index in [-0.39, 0.29) is 6.04 Å². The largest absolute Gasteiger partial charge is 0.367 e. The molecule has 21 heavy (non-hydrogen) atoms. The Labute approximate surface area is 127 Å². The van der Waals surface area contributed by atoms with Crippen LogP contribution in [0, 0.1) is 0 Å². The molecule has 2 aromatic heterocycles. The molecule has 0 amide bonds. The van der Waals surface area contributed by atoms with Crippen LogP contribution in [0.1, 0.15) is 12.5 Å². The maximum atomic E-state index is 5.45. The Bertz CT molecular complexity index is 726. The van der Waals surface area contributed by atoms with E-state index in [0.717, 1.165) is 23.1 Å². The lowest BCUT2D eigenvalue weighted by Crippen LogP contribution is -2.20. The second-order valence-electron chi connectivity index (χ2n) is 4.94. The number of hydrogen-bond acceptors (Lipinski definition) is 6. The second kappa shape index (κ2) is 6.07. The van der Waals surface area contributed by atoms with Crippen LogP contribution >= 0.6 is 11.3 Å². The summed E-state index contributed by atoms with van der Waals surface area (Å²) in [4.78, 5) is 8.78. The van der Waals surface area contributed by atoms with Gasteiger partial charge < -0.3 is 5.32 Å². The number of nitrogens with zero attached hydrogens (tertiary/aromatic N) is 2. The molecular weight excluding hydrogens is 282 g/mol. The number of nitrogens with two attached hydrogens (primary N) is 1. The Morgan fingerprint density at radius 1 is 1.24 bits per heavy atom. The first kappa shape index (κ1) is 13.8. The van der Waals surface area contributed by atoms with Crippen LogP contribution in [0.5, 0.6) is 0 Å². The highest BCUT2D eigenvalue weighted by Crippen LogP contribution is 2.22. The molecule has 1 unspecified atom stereocenters. The average Bonchev–Trinajstić information content (AvgIpc) is 2.99. The lowest BCUT2D eigenvalue weighted by atomic mass is 10.1. The summed E-state index contributed by atoms with van der Waals surface area (Å²) in [5.41, 5.74) is 4.71. The number of fused-ring (bicyclic) bond motifs is 1. The maximum Gasteiger partial charge on any atom is 0.239 e. The van der Waals surface area contributed by atoms with Crippen LogP contribution in [0.2, 0.25) is 0 Å². The number of benzene rings is 1. The van der Waals surface area contributed by atoms with Crippen LogP contribution in [0.4, 0.5) is 11.8 Å². The van der Waals surface area contributed by atoms with Crippen molar-refractivity contribution in [2.75, 3.05) is 10.7 Å². The summed E-state index contributed by atoms with van der Waals surface area (Å²) >= 11 is 1.72. The lowest BCUT2D eigenvalue weighted by molar-refractivity contribution is 0.788. The second-order valence-corrected chi connectivity index (χ2v) is 5.72. The molecule has 6 heteroatoms. The van der Waals surface area contributed by atoms with Crippen molar-refractivity contribution in [1.82, 2.24) is 9.97 Å². The summed E-state index contributed by atoms with van der Waals surface area (Å²) in [7, 11) is 0. The van der Waals surface area contributed by atoms with Crippen molar-refractivity contribution in [2.24, 2.45) is 5.84 Å². The third-order valence-electron chi connectivity index (χ3n) is 3.24.